The van der Waals surface area contributed by atoms with Crippen molar-refractivity contribution in [1.82, 2.24) is 14.6 Å². The number of aliphatic hydroxyl groups is 1. The Labute approximate surface area is 137 Å². The van der Waals surface area contributed by atoms with E-state index in [0.29, 0.717) is 5.69 Å². The molecule has 0 aliphatic carbocycles. The molecule has 0 fully saturated rings. The molecule has 4 aromatic rings. The average molecular weight is 319 g/mol. The lowest BCUT2D eigenvalue weighted by molar-refractivity contribution is 0.273. The number of aromatic nitrogens is 3. The van der Waals surface area contributed by atoms with E-state index in [1.54, 1.807) is 29.0 Å². The zero-order chi connectivity index (χ0) is 16.5. The number of benzene rings is 1. The Morgan fingerprint density at radius 2 is 1.67 bits per heavy atom. The van der Waals surface area contributed by atoms with E-state index in [0.717, 1.165) is 27.9 Å². The van der Waals surface area contributed by atoms with Gasteiger partial charge >= 0.3 is 0 Å². The van der Waals surface area contributed by atoms with Crippen LogP contribution in [-0.4, -0.2) is 19.7 Å². The van der Waals surface area contributed by atoms with Crippen molar-refractivity contribution in [3.8, 4) is 22.4 Å². The Kier molecular flexibility index (Phi) is 3.55. The quantitative estimate of drug-likeness (QED) is 0.626. The summed E-state index contributed by atoms with van der Waals surface area (Å²) in [6.45, 7) is -0.113. The van der Waals surface area contributed by atoms with E-state index in [1.807, 2.05) is 30.3 Å². The van der Waals surface area contributed by atoms with Crippen molar-refractivity contribution < 1.29 is 9.50 Å². The SMILES string of the molecule is OCc1cccc2c(-c3ccncc3)c(-c3ccc(F)cc3)nn12. The molecular weight excluding hydrogens is 305 g/mol. The second kappa shape index (κ2) is 5.86. The Bertz CT molecular complexity index is 994. The smallest absolute Gasteiger partial charge is 0.123 e. The van der Waals surface area contributed by atoms with Crippen molar-refractivity contribution in [2.24, 2.45) is 0 Å². The minimum absolute atomic E-state index is 0.113. The molecular formula is C19H14FN3O. The number of fused-ring (bicyclic) bond motifs is 1. The third kappa shape index (κ3) is 2.35. The number of hydrogen-bond acceptors (Lipinski definition) is 3. The molecule has 0 unspecified atom stereocenters. The van der Waals surface area contributed by atoms with Crippen LogP contribution in [0.15, 0.2) is 67.0 Å². The van der Waals surface area contributed by atoms with Gasteiger partial charge in [-0.3, -0.25) is 4.98 Å². The first kappa shape index (κ1) is 14.5. The Morgan fingerprint density at radius 3 is 2.38 bits per heavy atom. The molecule has 3 heterocycles. The highest BCUT2D eigenvalue weighted by Gasteiger charge is 2.17. The van der Waals surface area contributed by atoms with Crippen LogP contribution in [0.2, 0.25) is 0 Å². The van der Waals surface area contributed by atoms with Crippen LogP contribution >= 0.6 is 0 Å². The molecule has 0 atom stereocenters. The van der Waals surface area contributed by atoms with Crippen molar-refractivity contribution in [3.63, 3.8) is 0 Å². The predicted molar refractivity (Wildman–Crippen MR) is 89.7 cm³/mol. The molecule has 3 aromatic heterocycles. The number of hydrogen-bond donors (Lipinski definition) is 1. The summed E-state index contributed by atoms with van der Waals surface area (Å²) < 4.78 is 15.0. The second-order valence-electron chi connectivity index (χ2n) is 5.44. The lowest BCUT2D eigenvalue weighted by atomic mass is 10.0. The highest BCUT2D eigenvalue weighted by Crippen LogP contribution is 2.35. The number of pyridine rings is 2. The zero-order valence-electron chi connectivity index (χ0n) is 12.7. The van der Waals surface area contributed by atoms with E-state index < -0.39 is 0 Å². The fraction of sp³-hybridized carbons (Fsp3) is 0.0526. The maximum absolute atomic E-state index is 13.3. The molecule has 4 nitrogen and oxygen atoms in total. The average Bonchev–Trinajstić information content (AvgIpc) is 3.02. The third-order valence-electron chi connectivity index (χ3n) is 3.98. The Morgan fingerprint density at radius 1 is 0.917 bits per heavy atom. The van der Waals surface area contributed by atoms with Gasteiger partial charge in [0.2, 0.25) is 0 Å². The minimum Gasteiger partial charge on any atom is -0.390 e. The Hall–Kier alpha value is -3.05. The van der Waals surface area contributed by atoms with Gasteiger partial charge in [0.1, 0.15) is 11.5 Å². The molecule has 5 heteroatoms. The summed E-state index contributed by atoms with van der Waals surface area (Å²) >= 11 is 0. The first-order valence-corrected chi connectivity index (χ1v) is 7.56. The van der Waals surface area contributed by atoms with E-state index in [-0.39, 0.29) is 12.4 Å². The van der Waals surface area contributed by atoms with Crippen LogP contribution in [0.25, 0.3) is 27.9 Å². The highest BCUT2D eigenvalue weighted by atomic mass is 19.1. The molecule has 0 amide bonds. The highest BCUT2D eigenvalue weighted by molar-refractivity contribution is 5.92. The van der Waals surface area contributed by atoms with Gasteiger partial charge in [-0.25, -0.2) is 8.91 Å². The standard InChI is InChI=1S/C19H14FN3O/c20-15-6-4-14(5-7-15)19-18(13-8-10-21-11-9-13)17-3-1-2-16(12-24)23(17)22-19/h1-11,24H,12H2. The number of rotatable bonds is 3. The van der Waals surface area contributed by atoms with E-state index in [9.17, 15) is 9.50 Å². The maximum atomic E-state index is 13.3. The molecule has 0 bridgehead atoms. The molecule has 0 aliphatic heterocycles. The summed E-state index contributed by atoms with van der Waals surface area (Å²) in [5.41, 5.74) is 5.02. The van der Waals surface area contributed by atoms with E-state index in [4.69, 9.17) is 0 Å². The van der Waals surface area contributed by atoms with Crippen LogP contribution in [0.5, 0.6) is 0 Å². The molecule has 118 valence electrons. The Balaban J connectivity index is 2.06. The van der Waals surface area contributed by atoms with Gasteiger partial charge in [-0.2, -0.15) is 5.10 Å². The number of aliphatic hydroxyl groups excluding tert-OH is 1. The largest absolute Gasteiger partial charge is 0.390 e. The summed E-state index contributed by atoms with van der Waals surface area (Å²) in [5, 5.41) is 14.3. The minimum atomic E-state index is -0.288. The number of nitrogens with zero attached hydrogens (tertiary/aromatic N) is 3. The molecule has 24 heavy (non-hydrogen) atoms. The lowest BCUT2D eigenvalue weighted by Gasteiger charge is -2.04. The second-order valence-corrected chi connectivity index (χ2v) is 5.44. The van der Waals surface area contributed by atoms with Crippen molar-refractivity contribution in [3.05, 3.63) is 78.5 Å². The van der Waals surface area contributed by atoms with Crippen molar-refractivity contribution in [2.75, 3.05) is 0 Å². The molecule has 0 radical (unpaired) electrons. The van der Waals surface area contributed by atoms with Gasteiger partial charge in [0.25, 0.3) is 0 Å². The van der Waals surface area contributed by atoms with E-state index in [2.05, 4.69) is 10.1 Å². The summed E-state index contributed by atoms with van der Waals surface area (Å²) in [6, 6.07) is 15.7. The van der Waals surface area contributed by atoms with Crippen LogP contribution < -0.4 is 0 Å². The van der Waals surface area contributed by atoms with Crippen molar-refractivity contribution >= 4 is 5.52 Å². The summed E-state index contributed by atoms with van der Waals surface area (Å²) in [5.74, 6) is -0.288. The maximum Gasteiger partial charge on any atom is 0.123 e. The lowest BCUT2D eigenvalue weighted by Crippen LogP contribution is -1.97. The topological polar surface area (TPSA) is 50.4 Å². The van der Waals surface area contributed by atoms with Gasteiger partial charge in [-0.05, 0) is 54.1 Å². The fourth-order valence-electron chi connectivity index (χ4n) is 2.86. The van der Waals surface area contributed by atoms with E-state index in [1.165, 1.54) is 12.1 Å². The molecule has 1 N–H and O–H groups in total. The van der Waals surface area contributed by atoms with E-state index >= 15 is 0 Å². The normalized spacial score (nSPS) is 11.1. The van der Waals surface area contributed by atoms with Gasteiger partial charge in [-0.15, -0.1) is 0 Å². The predicted octanol–water partition coefficient (Wildman–Crippen LogP) is 3.69. The molecule has 0 saturated heterocycles. The fourth-order valence-corrected chi connectivity index (χ4v) is 2.86. The van der Waals surface area contributed by atoms with Gasteiger partial charge in [0, 0.05) is 23.5 Å². The van der Waals surface area contributed by atoms with Crippen molar-refractivity contribution in [2.45, 2.75) is 6.61 Å². The molecule has 4 rings (SSSR count). The summed E-state index contributed by atoms with van der Waals surface area (Å²) in [7, 11) is 0. The van der Waals surface area contributed by atoms with Crippen LogP contribution in [0, 0.1) is 5.82 Å². The van der Waals surface area contributed by atoms with Crippen LogP contribution in [0.1, 0.15) is 5.69 Å². The monoisotopic (exact) mass is 319 g/mol. The summed E-state index contributed by atoms with van der Waals surface area (Å²) in [4.78, 5) is 4.07. The van der Waals surface area contributed by atoms with Gasteiger partial charge in [-0.1, -0.05) is 6.07 Å². The van der Waals surface area contributed by atoms with Gasteiger partial charge in [0.15, 0.2) is 0 Å². The first-order chi connectivity index (χ1) is 11.8. The first-order valence-electron chi connectivity index (χ1n) is 7.56. The molecule has 0 aliphatic rings. The van der Waals surface area contributed by atoms with Crippen LogP contribution in [0.4, 0.5) is 4.39 Å². The third-order valence-corrected chi connectivity index (χ3v) is 3.98. The number of halogens is 1. The van der Waals surface area contributed by atoms with Gasteiger partial charge < -0.3 is 5.11 Å². The molecule has 0 saturated carbocycles. The van der Waals surface area contributed by atoms with Crippen molar-refractivity contribution in [1.29, 1.82) is 0 Å². The van der Waals surface area contributed by atoms with Crippen LogP contribution in [-0.2, 0) is 6.61 Å². The molecule has 1 aromatic carbocycles. The molecule has 0 spiro atoms. The summed E-state index contributed by atoms with van der Waals surface area (Å²) in [6.07, 6.45) is 3.45. The van der Waals surface area contributed by atoms with Crippen LogP contribution in [0.3, 0.4) is 0 Å². The zero-order valence-corrected chi connectivity index (χ0v) is 12.7. The van der Waals surface area contributed by atoms with Gasteiger partial charge in [0.05, 0.1) is 17.8 Å².